The van der Waals surface area contributed by atoms with E-state index in [1.54, 1.807) is 0 Å². The predicted octanol–water partition coefficient (Wildman–Crippen LogP) is 3.66. The van der Waals surface area contributed by atoms with Crippen LogP contribution in [0.4, 0.5) is 0 Å². The van der Waals surface area contributed by atoms with Gasteiger partial charge in [0.25, 0.3) is 0 Å². The number of nitrogens with zero attached hydrogens (tertiary/aromatic N) is 4. The highest BCUT2D eigenvalue weighted by Gasteiger charge is 2.22. The minimum atomic E-state index is 0.542. The molecule has 1 fully saturated rings. The Bertz CT molecular complexity index is 652. The zero-order chi connectivity index (χ0) is 18.2. The van der Waals surface area contributed by atoms with Crippen LogP contribution in [0.3, 0.4) is 0 Å². The Labute approximate surface area is 157 Å². The van der Waals surface area contributed by atoms with Crippen molar-refractivity contribution in [1.29, 1.82) is 0 Å². The lowest BCUT2D eigenvalue weighted by atomic mass is 10.00. The molecule has 1 saturated heterocycles. The van der Waals surface area contributed by atoms with Gasteiger partial charge in [0.2, 0.25) is 0 Å². The Morgan fingerprint density at radius 3 is 2.65 bits per heavy atom. The van der Waals surface area contributed by atoms with E-state index in [2.05, 4.69) is 58.0 Å². The minimum Gasteiger partial charge on any atom is -0.337 e. The molecule has 0 amide bonds. The van der Waals surface area contributed by atoms with Crippen LogP contribution in [0.25, 0.3) is 0 Å². The number of hydrogen-bond donors (Lipinski definition) is 1. The van der Waals surface area contributed by atoms with Crippen LogP contribution in [0.15, 0.2) is 48.1 Å². The van der Waals surface area contributed by atoms with Crippen LogP contribution in [-0.4, -0.2) is 39.4 Å². The fraction of sp³-hybridized carbons (Fsp3) is 0.524. The second kappa shape index (κ2) is 9.53. The van der Waals surface area contributed by atoms with Crippen LogP contribution >= 0.6 is 0 Å². The largest absolute Gasteiger partial charge is 0.337 e. The second-order valence-electron chi connectivity index (χ2n) is 7.33. The van der Waals surface area contributed by atoms with Crippen molar-refractivity contribution in [2.45, 2.75) is 64.7 Å². The Hall–Kier alpha value is -2.14. The normalized spacial score (nSPS) is 20.8. The molecule has 2 atom stereocenters. The summed E-state index contributed by atoms with van der Waals surface area (Å²) >= 11 is 0. The molecule has 0 bridgehead atoms. The molecule has 1 aromatic heterocycles. The van der Waals surface area contributed by atoms with Gasteiger partial charge < -0.3 is 9.88 Å². The van der Waals surface area contributed by atoms with Gasteiger partial charge in [0.05, 0.1) is 12.5 Å². The van der Waals surface area contributed by atoms with Crippen molar-refractivity contribution in [3.05, 3.63) is 54.1 Å². The maximum Gasteiger partial charge on any atom is 0.0945 e. The topological polar surface area (TPSA) is 45.5 Å². The third-order valence-corrected chi connectivity index (χ3v) is 5.13. The summed E-state index contributed by atoms with van der Waals surface area (Å²) in [5, 5.41) is 10.5. The van der Waals surface area contributed by atoms with Gasteiger partial charge in [0, 0.05) is 37.6 Å². The highest BCUT2D eigenvalue weighted by atomic mass is 15.5. The molecule has 5 heteroatoms. The molecule has 1 aromatic carbocycles. The first-order chi connectivity index (χ1) is 12.7. The Balaban J connectivity index is 1.40. The number of aromatic nitrogens is 2. The van der Waals surface area contributed by atoms with Crippen molar-refractivity contribution in [3.8, 4) is 0 Å². The Morgan fingerprint density at radius 1 is 1.19 bits per heavy atom. The quantitative estimate of drug-likeness (QED) is 0.582. The first-order valence-electron chi connectivity index (χ1n) is 9.80. The molecule has 2 unspecified atom stereocenters. The van der Waals surface area contributed by atoms with Crippen molar-refractivity contribution < 1.29 is 0 Å². The maximum absolute atomic E-state index is 4.74. The van der Waals surface area contributed by atoms with Crippen LogP contribution in [0.2, 0.25) is 0 Å². The van der Waals surface area contributed by atoms with Gasteiger partial charge in [-0.1, -0.05) is 24.3 Å². The molecule has 0 radical (unpaired) electrons. The van der Waals surface area contributed by atoms with E-state index < -0.39 is 0 Å². The molecule has 1 aliphatic rings. The summed E-state index contributed by atoms with van der Waals surface area (Å²) in [6.45, 7) is 7.46. The van der Waals surface area contributed by atoms with E-state index in [9.17, 15) is 0 Å². The lowest BCUT2D eigenvalue weighted by Gasteiger charge is -2.36. The van der Waals surface area contributed by atoms with Crippen molar-refractivity contribution >= 4 is 6.21 Å². The fourth-order valence-corrected chi connectivity index (χ4v) is 3.53. The zero-order valence-corrected chi connectivity index (χ0v) is 16.0. The van der Waals surface area contributed by atoms with Crippen molar-refractivity contribution in [3.63, 3.8) is 0 Å². The fourth-order valence-electron chi connectivity index (χ4n) is 3.53. The lowest BCUT2D eigenvalue weighted by Crippen LogP contribution is -2.39. The van der Waals surface area contributed by atoms with Crippen molar-refractivity contribution in [1.82, 2.24) is 19.9 Å². The Kier molecular flexibility index (Phi) is 6.83. The molecule has 0 saturated carbocycles. The van der Waals surface area contributed by atoms with E-state index in [0.717, 1.165) is 26.1 Å². The molecular weight excluding hydrogens is 322 g/mol. The van der Waals surface area contributed by atoms with Gasteiger partial charge in [-0.05, 0) is 57.2 Å². The number of aryl methyl sites for hydroxylation is 1. The molecule has 26 heavy (non-hydrogen) atoms. The predicted molar refractivity (Wildman–Crippen MR) is 107 cm³/mol. The SMILES string of the molecule is CC1CCCC(C)N1/N=C/c1ccc(CNCCCn2ccnc2)cc1. The first-order valence-corrected chi connectivity index (χ1v) is 9.80. The highest BCUT2D eigenvalue weighted by molar-refractivity contribution is 5.79. The molecule has 2 heterocycles. The summed E-state index contributed by atoms with van der Waals surface area (Å²) in [7, 11) is 0. The van der Waals surface area contributed by atoms with Crippen LogP contribution in [0.5, 0.6) is 0 Å². The van der Waals surface area contributed by atoms with Crippen LogP contribution < -0.4 is 5.32 Å². The number of hydrogen-bond acceptors (Lipinski definition) is 4. The summed E-state index contributed by atoms with van der Waals surface area (Å²) in [6, 6.07) is 9.78. The number of hydrazone groups is 1. The average molecular weight is 354 g/mol. The van der Waals surface area contributed by atoms with Crippen LogP contribution in [0.1, 0.15) is 50.7 Å². The number of nitrogens with one attached hydrogen (secondary N) is 1. The molecule has 1 aliphatic heterocycles. The number of rotatable bonds is 8. The Morgan fingerprint density at radius 2 is 1.96 bits per heavy atom. The van der Waals surface area contributed by atoms with Gasteiger partial charge in [-0.2, -0.15) is 5.10 Å². The highest BCUT2D eigenvalue weighted by Crippen LogP contribution is 2.22. The van der Waals surface area contributed by atoms with Crippen molar-refractivity contribution in [2.75, 3.05) is 6.54 Å². The smallest absolute Gasteiger partial charge is 0.0945 e. The minimum absolute atomic E-state index is 0.542. The molecule has 0 spiro atoms. The number of piperidine rings is 1. The van der Waals surface area contributed by atoms with Gasteiger partial charge in [0.1, 0.15) is 0 Å². The van der Waals surface area contributed by atoms with Crippen LogP contribution in [0, 0.1) is 0 Å². The molecule has 1 N–H and O–H groups in total. The summed E-state index contributed by atoms with van der Waals surface area (Å²) in [6.07, 6.45) is 12.6. The van der Waals surface area contributed by atoms with E-state index in [-0.39, 0.29) is 0 Å². The van der Waals surface area contributed by atoms with Gasteiger partial charge in [-0.25, -0.2) is 4.98 Å². The number of benzene rings is 1. The lowest BCUT2D eigenvalue weighted by molar-refractivity contribution is 0.109. The van der Waals surface area contributed by atoms with Gasteiger partial charge in [-0.15, -0.1) is 0 Å². The summed E-state index contributed by atoms with van der Waals surface area (Å²) in [4.78, 5) is 4.06. The van der Waals surface area contributed by atoms with Gasteiger partial charge in [0.15, 0.2) is 0 Å². The second-order valence-corrected chi connectivity index (χ2v) is 7.33. The molecule has 5 nitrogen and oxygen atoms in total. The monoisotopic (exact) mass is 353 g/mol. The van der Waals surface area contributed by atoms with E-state index in [0.29, 0.717) is 12.1 Å². The summed E-state index contributed by atoms with van der Waals surface area (Å²) in [5.74, 6) is 0. The molecule has 3 rings (SSSR count). The first kappa shape index (κ1) is 18.6. The number of imidazole rings is 1. The molecule has 140 valence electrons. The third kappa shape index (κ3) is 5.43. The zero-order valence-electron chi connectivity index (χ0n) is 16.0. The molecule has 2 aromatic rings. The van der Waals surface area contributed by atoms with Crippen molar-refractivity contribution in [2.24, 2.45) is 5.10 Å². The standard InChI is InChI=1S/C21H31N5/c1-18-5-3-6-19(2)26(18)24-16-21-9-7-20(8-10-21)15-22-11-4-13-25-14-12-23-17-25/h7-10,12,14,16-19,22H,3-6,11,13,15H2,1-2H3/b24-16+. The van der Waals surface area contributed by atoms with E-state index in [1.807, 2.05) is 24.9 Å². The van der Waals surface area contributed by atoms with E-state index in [1.165, 1.54) is 30.4 Å². The van der Waals surface area contributed by atoms with Gasteiger partial charge in [-0.3, -0.25) is 5.01 Å². The molecule has 0 aliphatic carbocycles. The van der Waals surface area contributed by atoms with Gasteiger partial charge >= 0.3 is 0 Å². The molecular formula is C21H31N5. The van der Waals surface area contributed by atoms with Crippen LogP contribution in [-0.2, 0) is 13.1 Å². The summed E-state index contributed by atoms with van der Waals surface area (Å²) in [5.41, 5.74) is 2.48. The van der Waals surface area contributed by atoms with E-state index in [4.69, 9.17) is 5.10 Å². The maximum atomic E-state index is 4.74. The average Bonchev–Trinajstić information content (AvgIpc) is 3.16. The third-order valence-electron chi connectivity index (χ3n) is 5.13. The van der Waals surface area contributed by atoms with E-state index >= 15 is 0 Å². The summed E-state index contributed by atoms with van der Waals surface area (Å²) < 4.78 is 2.11.